The second kappa shape index (κ2) is 10.4. The summed E-state index contributed by atoms with van der Waals surface area (Å²) in [5, 5.41) is 9.60. The van der Waals surface area contributed by atoms with Crippen molar-refractivity contribution >= 4 is 11.9 Å². The van der Waals surface area contributed by atoms with Crippen LogP contribution in [0.3, 0.4) is 0 Å². The third-order valence-corrected chi connectivity index (χ3v) is 5.60. The van der Waals surface area contributed by atoms with E-state index in [2.05, 4.69) is 20.9 Å². The molecule has 0 atom stereocenters. The van der Waals surface area contributed by atoms with Gasteiger partial charge in [-0.1, -0.05) is 24.3 Å². The van der Waals surface area contributed by atoms with Crippen molar-refractivity contribution < 1.29 is 9.18 Å². The van der Waals surface area contributed by atoms with Crippen molar-refractivity contribution in [3.8, 4) is 0 Å². The van der Waals surface area contributed by atoms with Gasteiger partial charge >= 0.3 is 0 Å². The number of nitrogens with one attached hydrogen (secondary N) is 3. The first-order valence-corrected chi connectivity index (χ1v) is 10.6. The molecule has 3 rings (SSSR count). The first-order chi connectivity index (χ1) is 14.9. The molecule has 1 fully saturated rings. The molecule has 0 unspecified atom stereocenters. The third kappa shape index (κ3) is 6.52. The van der Waals surface area contributed by atoms with Gasteiger partial charge in [0.05, 0.1) is 0 Å². The molecule has 0 radical (unpaired) electrons. The van der Waals surface area contributed by atoms with Crippen molar-refractivity contribution in [2.45, 2.75) is 24.8 Å². The van der Waals surface area contributed by atoms with Gasteiger partial charge in [0.2, 0.25) is 0 Å². The highest BCUT2D eigenvalue weighted by atomic mass is 19.1. The van der Waals surface area contributed by atoms with Crippen LogP contribution < -0.4 is 16.0 Å². The zero-order chi connectivity index (χ0) is 22.3. The Morgan fingerprint density at radius 1 is 1.10 bits per heavy atom. The molecule has 0 heterocycles. The van der Waals surface area contributed by atoms with E-state index in [0.717, 1.165) is 30.5 Å². The highest BCUT2D eigenvalue weighted by Gasteiger charge is 2.44. The number of guanidine groups is 1. The fourth-order valence-electron chi connectivity index (χ4n) is 3.51. The summed E-state index contributed by atoms with van der Waals surface area (Å²) in [5.74, 6) is 0.414. The van der Waals surface area contributed by atoms with Gasteiger partial charge in [-0.15, -0.1) is 0 Å². The Hall–Kier alpha value is -2.93. The fourth-order valence-corrected chi connectivity index (χ4v) is 3.51. The van der Waals surface area contributed by atoms with Gasteiger partial charge < -0.3 is 20.9 Å². The molecule has 0 aromatic heterocycles. The van der Waals surface area contributed by atoms with Crippen molar-refractivity contribution in [1.82, 2.24) is 20.9 Å². The van der Waals surface area contributed by atoms with Crippen LogP contribution in [0.25, 0.3) is 0 Å². The minimum absolute atomic E-state index is 0.0235. The zero-order valence-corrected chi connectivity index (χ0v) is 18.5. The van der Waals surface area contributed by atoms with Crippen LogP contribution in [0.5, 0.6) is 0 Å². The van der Waals surface area contributed by atoms with E-state index in [1.807, 2.05) is 49.3 Å². The molecule has 3 N–H and O–H groups in total. The molecule has 31 heavy (non-hydrogen) atoms. The van der Waals surface area contributed by atoms with E-state index in [1.165, 1.54) is 6.07 Å². The van der Waals surface area contributed by atoms with E-state index in [0.29, 0.717) is 31.2 Å². The van der Waals surface area contributed by atoms with E-state index in [4.69, 9.17) is 0 Å². The molecular formula is C24H32FN5O. The molecule has 1 amide bonds. The highest BCUT2D eigenvalue weighted by molar-refractivity contribution is 5.94. The van der Waals surface area contributed by atoms with Gasteiger partial charge in [0.15, 0.2) is 5.96 Å². The normalized spacial score (nSPS) is 14.9. The topological polar surface area (TPSA) is 68.8 Å². The molecule has 2 aromatic carbocycles. The Morgan fingerprint density at radius 2 is 1.87 bits per heavy atom. The van der Waals surface area contributed by atoms with Gasteiger partial charge in [-0.05, 0) is 62.3 Å². The van der Waals surface area contributed by atoms with E-state index in [-0.39, 0.29) is 17.1 Å². The standard InChI is InChI=1S/C24H32FN5O/c1-26-23(29-17-24(10-11-24)20-8-5-9-21(25)15-20)28-16-18-6-4-7-19(14-18)22(31)27-12-13-30(2)3/h4-9,14-15H,10-13,16-17H2,1-3H3,(H,27,31)(H2,26,28,29). The van der Waals surface area contributed by atoms with Crippen LogP contribution in [0.1, 0.15) is 34.3 Å². The van der Waals surface area contributed by atoms with Gasteiger partial charge in [-0.2, -0.15) is 0 Å². The lowest BCUT2D eigenvalue weighted by atomic mass is 9.96. The molecule has 166 valence electrons. The molecular weight excluding hydrogens is 393 g/mol. The summed E-state index contributed by atoms with van der Waals surface area (Å²) >= 11 is 0. The van der Waals surface area contributed by atoms with Crippen LogP contribution in [-0.2, 0) is 12.0 Å². The first-order valence-electron chi connectivity index (χ1n) is 10.6. The van der Waals surface area contributed by atoms with Gasteiger partial charge in [-0.3, -0.25) is 9.79 Å². The third-order valence-electron chi connectivity index (χ3n) is 5.60. The smallest absolute Gasteiger partial charge is 0.251 e. The highest BCUT2D eigenvalue weighted by Crippen LogP contribution is 2.47. The number of halogens is 1. The summed E-state index contributed by atoms with van der Waals surface area (Å²) in [6, 6.07) is 14.4. The number of rotatable bonds is 9. The second-order valence-corrected chi connectivity index (χ2v) is 8.33. The maximum atomic E-state index is 13.6. The minimum Gasteiger partial charge on any atom is -0.356 e. The van der Waals surface area contributed by atoms with E-state index in [9.17, 15) is 9.18 Å². The number of carbonyl (C=O) groups is 1. The SMILES string of the molecule is CN=C(NCc1cccc(C(=O)NCCN(C)C)c1)NCC1(c2cccc(F)c2)CC1. The lowest BCUT2D eigenvalue weighted by Crippen LogP contribution is -2.41. The number of carbonyl (C=O) groups excluding carboxylic acids is 1. The van der Waals surface area contributed by atoms with Crippen LogP contribution in [0.4, 0.5) is 4.39 Å². The first kappa shape index (κ1) is 22.7. The summed E-state index contributed by atoms with van der Waals surface area (Å²) in [5.41, 5.74) is 2.64. The Bertz CT molecular complexity index is 924. The lowest BCUT2D eigenvalue weighted by molar-refractivity contribution is 0.0951. The summed E-state index contributed by atoms with van der Waals surface area (Å²) in [4.78, 5) is 18.7. The Balaban J connectivity index is 1.51. The molecule has 1 aliphatic carbocycles. The Labute approximate surface area is 183 Å². The van der Waals surface area contributed by atoms with Gasteiger partial charge in [0, 0.05) is 44.2 Å². The maximum Gasteiger partial charge on any atom is 0.251 e. The predicted molar refractivity (Wildman–Crippen MR) is 123 cm³/mol. The van der Waals surface area contributed by atoms with Crippen LogP contribution in [0.15, 0.2) is 53.5 Å². The molecule has 6 nitrogen and oxygen atoms in total. The van der Waals surface area contributed by atoms with Crippen LogP contribution in [0, 0.1) is 5.82 Å². The number of hydrogen-bond donors (Lipinski definition) is 3. The maximum absolute atomic E-state index is 13.6. The van der Waals surface area contributed by atoms with Crippen LogP contribution in [0.2, 0.25) is 0 Å². The average molecular weight is 426 g/mol. The molecule has 0 spiro atoms. The van der Waals surface area contributed by atoms with Gasteiger partial charge in [0.1, 0.15) is 5.82 Å². The molecule has 0 aliphatic heterocycles. The number of likely N-dealkylation sites (N-methyl/N-ethyl adjacent to an activating group) is 1. The van der Waals surface area contributed by atoms with E-state index in [1.54, 1.807) is 19.2 Å². The Kier molecular flexibility index (Phi) is 7.63. The lowest BCUT2D eigenvalue weighted by Gasteiger charge is -2.19. The average Bonchev–Trinajstić information content (AvgIpc) is 3.55. The van der Waals surface area contributed by atoms with Crippen LogP contribution >= 0.6 is 0 Å². The fraction of sp³-hybridized carbons (Fsp3) is 0.417. The largest absolute Gasteiger partial charge is 0.356 e. The second-order valence-electron chi connectivity index (χ2n) is 8.33. The molecule has 0 saturated heterocycles. The summed E-state index contributed by atoms with van der Waals surface area (Å²) < 4.78 is 13.6. The van der Waals surface area contributed by atoms with Crippen molar-refractivity contribution in [2.75, 3.05) is 40.8 Å². The van der Waals surface area contributed by atoms with E-state index < -0.39 is 0 Å². The quantitative estimate of drug-likeness (QED) is 0.427. The number of nitrogens with zero attached hydrogens (tertiary/aromatic N) is 2. The summed E-state index contributed by atoms with van der Waals surface area (Å²) in [6.07, 6.45) is 2.07. The molecule has 1 aliphatic rings. The van der Waals surface area contributed by atoms with Gasteiger partial charge in [0.25, 0.3) is 5.91 Å². The van der Waals surface area contributed by atoms with Crippen molar-refractivity contribution in [3.63, 3.8) is 0 Å². The monoisotopic (exact) mass is 425 g/mol. The Morgan fingerprint density at radius 3 is 2.55 bits per heavy atom. The van der Waals surface area contributed by atoms with Crippen molar-refractivity contribution in [2.24, 2.45) is 4.99 Å². The number of aliphatic imine (C=N–C) groups is 1. The van der Waals surface area contributed by atoms with Crippen LogP contribution in [-0.4, -0.2) is 57.5 Å². The van der Waals surface area contributed by atoms with Gasteiger partial charge in [-0.25, -0.2) is 4.39 Å². The van der Waals surface area contributed by atoms with Crippen molar-refractivity contribution in [3.05, 3.63) is 71.0 Å². The molecule has 0 bridgehead atoms. The molecule has 2 aromatic rings. The zero-order valence-electron chi connectivity index (χ0n) is 18.5. The molecule has 7 heteroatoms. The molecule has 1 saturated carbocycles. The summed E-state index contributed by atoms with van der Waals surface area (Å²) in [7, 11) is 5.68. The number of amides is 1. The number of hydrogen-bond acceptors (Lipinski definition) is 3. The summed E-state index contributed by atoms with van der Waals surface area (Å²) in [6.45, 7) is 2.65. The number of benzene rings is 2. The van der Waals surface area contributed by atoms with E-state index >= 15 is 0 Å². The van der Waals surface area contributed by atoms with Crippen molar-refractivity contribution in [1.29, 1.82) is 0 Å². The minimum atomic E-state index is -0.197. The predicted octanol–water partition coefficient (Wildman–Crippen LogP) is 2.51.